The lowest BCUT2D eigenvalue weighted by Crippen LogP contribution is -2.56. The van der Waals surface area contributed by atoms with E-state index in [9.17, 15) is 9.59 Å². The van der Waals surface area contributed by atoms with Crippen LogP contribution in [0.5, 0.6) is 0 Å². The van der Waals surface area contributed by atoms with Crippen molar-refractivity contribution >= 4 is 12.1 Å². The maximum atomic E-state index is 12.3. The third-order valence-electron chi connectivity index (χ3n) is 4.30. The van der Waals surface area contributed by atoms with E-state index < -0.39 is 11.6 Å². The van der Waals surface area contributed by atoms with E-state index in [2.05, 4.69) is 0 Å². The van der Waals surface area contributed by atoms with Gasteiger partial charge in [0.15, 0.2) is 5.60 Å². The molecule has 0 bridgehead atoms. The molecule has 0 spiro atoms. The predicted molar refractivity (Wildman–Crippen MR) is 83.8 cm³/mol. The van der Waals surface area contributed by atoms with E-state index in [0.29, 0.717) is 19.4 Å². The van der Waals surface area contributed by atoms with E-state index in [1.165, 1.54) is 14.2 Å². The van der Waals surface area contributed by atoms with Crippen molar-refractivity contribution in [3.8, 4) is 0 Å². The Labute approximate surface area is 136 Å². The zero-order valence-electron chi connectivity index (χ0n) is 13.8. The molecule has 0 aliphatic carbocycles. The Balaban J connectivity index is 1.95. The number of amides is 1. The summed E-state index contributed by atoms with van der Waals surface area (Å²) in [6.45, 7) is 2.49. The van der Waals surface area contributed by atoms with Gasteiger partial charge < -0.3 is 19.1 Å². The number of nitrogens with zero attached hydrogens (tertiary/aromatic N) is 1. The normalized spacial score (nSPS) is 24.1. The van der Waals surface area contributed by atoms with Crippen LogP contribution >= 0.6 is 0 Å². The van der Waals surface area contributed by atoms with Crippen molar-refractivity contribution in [2.75, 3.05) is 20.8 Å². The summed E-state index contributed by atoms with van der Waals surface area (Å²) in [5, 5.41) is 0. The van der Waals surface area contributed by atoms with Crippen LogP contribution in [0, 0.1) is 0 Å². The number of piperidine rings is 1. The maximum Gasteiger partial charge on any atom is 0.410 e. The fraction of sp³-hybridized carbons (Fsp3) is 0.529. The van der Waals surface area contributed by atoms with Gasteiger partial charge in [-0.1, -0.05) is 30.3 Å². The first-order valence-corrected chi connectivity index (χ1v) is 7.63. The van der Waals surface area contributed by atoms with E-state index in [-0.39, 0.29) is 18.7 Å². The Morgan fingerprint density at radius 1 is 1.26 bits per heavy atom. The third-order valence-corrected chi connectivity index (χ3v) is 4.30. The van der Waals surface area contributed by atoms with Gasteiger partial charge in [-0.2, -0.15) is 0 Å². The van der Waals surface area contributed by atoms with Gasteiger partial charge >= 0.3 is 12.1 Å². The zero-order chi connectivity index (χ0) is 16.9. The molecule has 2 atom stereocenters. The summed E-state index contributed by atoms with van der Waals surface area (Å²) < 4.78 is 15.6. The van der Waals surface area contributed by atoms with Gasteiger partial charge in [0.25, 0.3) is 0 Å². The SMILES string of the molecule is COC(=O)[C@@]1(OC)CCN(C(=O)OCc2ccccc2)[C@@H](C)C1. The third kappa shape index (κ3) is 3.82. The molecule has 6 heteroatoms. The van der Waals surface area contributed by atoms with Crippen LogP contribution < -0.4 is 0 Å². The number of ether oxygens (including phenoxy) is 3. The van der Waals surface area contributed by atoms with Gasteiger partial charge in [-0.15, -0.1) is 0 Å². The molecule has 1 saturated heterocycles. The van der Waals surface area contributed by atoms with Crippen molar-refractivity contribution < 1.29 is 23.8 Å². The molecule has 0 saturated carbocycles. The van der Waals surface area contributed by atoms with Crippen LogP contribution in [0.1, 0.15) is 25.3 Å². The van der Waals surface area contributed by atoms with Gasteiger partial charge in [0, 0.05) is 32.5 Å². The number of rotatable bonds is 4. The first-order chi connectivity index (χ1) is 11.0. The number of carbonyl (C=O) groups is 2. The predicted octanol–water partition coefficient (Wildman–Crippen LogP) is 2.37. The van der Waals surface area contributed by atoms with Gasteiger partial charge in [0.1, 0.15) is 6.61 Å². The fourth-order valence-corrected chi connectivity index (χ4v) is 2.92. The van der Waals surface area contributed by atoms with Crippen LogP contribution in [0.2, 0.25) is 0 Å². The molecule has 1 aromatic carbocycles. The number of benzene rings is 1. The minimum atomic E-state index is -0.982. The summed E-state index contributed by atoms with van der Waals surface area (Å²) in [7, 11) is 2.83. The van der Waals surface area contributed by atoms with Crippen molar-refractivity contribution in [2.45, 2.75) is 38.0 Å². The van der Waals surface area contributed by atoms with Crippen molar-refractivity contribution in [1.82, 2.24) is 4.90 Å². The largest absolute Gasteiger partial charge is 0.467 e. The minimum Gasteiger partial charge on any atom is -0.467 e. The number of carbonyl (C=O) groups excluding carboxylic acids is 2. The van der Waals surface area contributed by atoms with E-state index in [1.807, 2.05) is 37.3 Å². The second-order valence-corrected chi connectivity index (χ2v) is 5.73. The average Bonchev–Trinajstić information content (AvgIpc) is 2.59. The maximum absolute atomic E-state index is 12.3. The Kier molecular flexibility index (Phi) is 5.60. The lowest BCUT2D eigenvalue weighted by Gasteiger charge is -2.42. The number of hydrogen-bond acceptors (Lipinski definition) is 5. The van der Waals surface area contributed by atoms with Crippen molar-refractivity contribution in [1.29, 1.82) is 0 Å². The number of esters is 1. The zero-order valence-corrected chi connectivity index (χ0v) is 13.8. The number of methoxy groups -OCH3 is 2. The molecule has 6 nitrogen and oxygen atoms in total. The molecule has 23 heavy (non-hydrogen) atoms. The van der Waals surface area contributed by atoms with Gasteiger partial charge in [-0.05, 0) is 12.5 Å². The van der Waals surface area contributed by atoms with Crippen molar-refractivity contribution in [3.05, 3.63) is 35.9 Å². The summed E-state index contributed by atoms with van der Waals surface area (Å²) in [5.74, 6) is -0.399. The van der Waals surface area contributed by atoms with Crippen LogP contribution in [0.15, 0.2) is 30.3 Å². The molecule has 0 radical (unpaired) electrons. The lowest BCUT2D eigenvalue weighted by atomic mass is 9.87. The highest BCUT2D eigenvalue weighted by Gasteiger charge is 2.46. The molecule has 2 rings (SSSR count). The summed E-state index contributed by atoms with van der Waals surface area (Å²) in [6, 6.07) is 9.34. The molecule has 126 valence electrons. The number of likely N-dealkylation sites (tertiary alicyclic amines) is 1. The molecule has 1 aliphatic rings. The highest BCUT2D eigenvalue weighted by Crippen LogP contribution is 2.31. The van der Waals surface area contributed by atoms with Crippen LogP contribution in [0.25, 0.3) is 0 Å². The Hall–Kier alpha value is -2.08. The van der Waals surface area contributed by atoms with Crippen molar-refractivity contribution in [3.63, 3.8) is 0 Å². The summed E-state index contributed by atoms with van der Waals surface area (Å²) in [5.41, 5.74) is -0.0454. The van der Waals surface area contributed by atoms with Crippen LogP contribution in [-0.4, -0.2) is 49.4 Å². The van der Waals surface area contributed by atoms with E-state index in [0.717, 1.165) is 5.56 Å². The first kappa shape index (κ1) is 17.3. The van der Waals surface area contributed by atoms with Crippen LogP contribution in [-0.2, 0) is 25.6 Å². The second-order valence-electron chi connectivity index (χ2n) is 5.73. The average molecular weight is 321 g/mol. The van der Waals surface area contributed by atoms with E-state index >= 15 is 0 Å². The Morgan fingerprint density at radius 3 is 2.52 bits per heavy atom. The molecule has 1 aromatic rings. The second kappa shape index (κ2) is 7.46. The molecule has 0 N–H and O–H groups in total. The summed E-state index contributed by atoms with van der Waals surface area (Å²) >= 11 is 0. The standard InChI is InChI=1S/C17H23NO5/c1-13-11-17(22-3,15(19)21-2)9-10-18(13)16(20)23-12-14-7-5-4-6-8-14/h4-8,13H,9-12H2,1-3H3/t13-,17+/m0/s1. The highest BCUT2D eigenvalue weighted by atomic mass is 16.6. The summed E-state index contributed by atoms with van der Waals surface area (Å²) in [4.78, 5) is 25.9. The monoisotopic (exact) mass is 321 g/mol. The molecular formula is C17H23NO5. The smallest absolute Gasteiger partial charge is 0.410 e. The van der Waals surface area contributed by atoms with Gasteiger partial charge in [0.2, 0.25) is 0 Å². The molecule has 1 fully saturated rings. The van der Waals surface area contributed by atoms with E-state index in [4.69, 9.17) is 14.2 Å². The molecule has 1 aliphatic heterocycles. The fourth-order valence-electron chi connectivity index (χ4n) is 2.92. The number of hydrogen-bond donors (Lipinski definition) is 0. The first-order valence-electron chi connectivity index (χ1n) is 7.63. The van der Waals surface area contributed by atoms with Gasteiger partial charge in [-0.25, -0.2) is 9.59 Å². The van der Waals surface area contributed by atoms with Gasteiger partial charge in [0.05, 0.1) is 7.11 Å². The molecule has 0 unspecified atom stereocenters. The highest BCUT2D eigenvalue weighted by molar-refractivity contribution is 5.80. The lowest BCUT2D eigenvalue weighted by molar-refractivity contribution is -0.173. The summed E-state index contributed by atoms with van der Waals surface area (Å²) in [6.07, 6.45) is 0.397. The molecular weight excluding hydrogens is 298 g/mol. The van der Waals surface area contributed by atoms with Crippen molar-refractivity contribution in [2.24, 2.45) is 0 Å². The topological polar surface area (TPSA) is 65.1 Å². The quantitative estimate of drug-likeness (QED) is 0.797. The van der Waals surface area contributed by atoms with E-state index in [1.54, 1.807) is 4.90 Å². The van der Waals surface area contributed by atoms with Gasteiger partial charge in [-0.3, -0.25) is 0 Å². The minimum absolute atomic E-state index is 0.175. The molecule has 1 heterocycles. The van der Waals surface area contributed by atoms with Crippen LogP contribution in [0.3, 0.4) is 0 Å². The Bertz CT molecular complexity index is 547. The molecule has 1 amide bonds. The molecule has 0 aromatic heterocycles. The Morgan fingerprint density at radius 2 is 1.96 bits per heavy atom. The van der Waals surface area contributed by atoms with Crippen LogP contribution in [0.4, 0.5) is 4.79 Å².